The Morgan fingerprint density at radius 3 is 3.00 bits per heavy atom. The first-order chi connectivity index (χ1) is 7.29. The molecular formula is C12H17N3. The number of hydrogen-bond acceptors (Lipinski definition) is 2. The fourth-order valence-electron chi connectivity index (χ4n) is 2.04. The van der Waals surface area contributed by atoms with Gasteiger partial charge in [-0.3, -0.25) is 0 Å². The molecule has 1 aliphatic rings. The summed E-state index contributed by atoms with van der Waals surface area (Å²) in [5.74, 6) is 0. The Balaban J connectivity index is 2.04. The predicted molar refractivity (Wildman–Crippen MR) is 59.1 cm³/mol. The van der Waals surface area contributed by atoms with Gasteiger partial charge in [-0.1, -0.05) is 0 Å². The highest BCUT2D eigenvalue weighted by Crippen LogP contribution is 2.50. The molecule has 1 N–H and O–H groups in total. The maximum absolute atomic E-state index is 8.77. The number of nitrogens with one attached hydrogen (secondary N) is 1. The van der Waals surface area contributed by atoms with Crippen LogP contribution in [0.1, 0.15) is 25.0 Å². The fraction of sp³-hybridized carbons (Fsp3) is 0.583. The van der Waals surface area contributed by atoms with Crippen LogP contribution in [-0.4, -0.2) is 11.6 Å². The van der Waals surface area contributed by atoms with Crippen molar-refractivity contribution in [2.75, 3.05) is 7.05 Å². The van der Waals surface area contributed by atoms with Gasteiger partial charge in [0, 0.05) is 36.8 Å². The molecule has 15 heavy (non-hydrogen) atoms. The first-order valence-corrected chi connectivity index (χ1v) is 5.45. The molecule has 0 spiro atoms. The van der Waals surface area contributed by atoms with Crippen molar-refractivity contribution >= 4 is 0 Å². The van der Waals surface area contributed by atoms with Gasteiger partial charge in [0.25, 0.3) is 0 Å². The van der Waals surface area contributed by atoms with Crippen molar-refractivity contribution in [3.63, 3.8) is 0 Å². The Kier molecular flexibility index (Phi) is 2.79. The molecule has 3 nitrogen and oxygen atoms in total. The van der Waals surface area contributed by atoms with Crippen molar-refractivity contribution < 1.29 is 0 Å². The molecule has 80 valence electrons. The fourth-order valence-corrected chi connectivity index (χ4v) is 2.04. The Labute approximate surface area is 90.7 Å². The van der Waals surface area contributed by atoms with Crippen LogP contribution >= 0.6 is 0 Å². The Bertz CT molecular complexity index is 368. The van der Waals surface area contributed by atoms with Gasteiger partial charge in [0.05, 0.1) is 6.07 Å². The lowest BCUT2D eigenvalue weighted by Crippen LogP contribution is -2.16. The van der Waals surface area contributed by atoms with Crippen molar-refractivity contribution in [3.05, 3.63) is 24.0 Å². The van der Waals surface area contributed by atoms with Crippen LogP contribution < -0.4 is 5.32 Å². The zero-order valence-electron chi connectivity index (χ0n) is 9.16. The van der Waals surface area contributed by atoms with E-state index in [1.165, 1.54) is 18.5 Å². The zero-order chi connectivity index (χ0) is 10.7. The molecule has 0 atom stereocenters. The maximum atomic E-state index is 8.77. The van der Waals surface area contributed by atoms with Crippen LogP contribution in [-0.2, 0) is 13.1 Å². The van der Waals surface area contributed by atoms with Crippen LogP contribution in [0.5, 0.6) is 0 Å². The van der Waals surface area contributed by atoms with Crippen LogP contribution in [0.2, 0.25) is 0 Å². The van der Waals surface area contributed by atoms with Gasteiger partial charge in [-0.05, 0) is 32.0 Å². The summed E-state index contributed by atoms with van der Waals surface area (Å²) in [6.45, 7) is 1.90. The van der Waals surface area contributed by atoms with E-state index in [0.29, 0.717) is 6.42 Å². The largest absolute Gasteiger partial charge is 0.350 e. The average molecular weight is 203 g/mol. The molecule has 1 aromatic rings. The summed E-state index contributed by atoms with van der Waals surface area (Å²) < 4.78 is 2.28. The lowest BCUT2D eigenvalue weighted by molar-refractivity contribution is 0.422. The number of hydrogen-bond donors (Lipinski definition) is 1. The second kappa shape index (κ2) is 4.08. The van der Waals surface area contributed by atoms with E-state index in [1.54, 1.807) is 0 Å². The van der Waals surface area contributed by atoms with Gasteiger partial charge < -0.3 is 9.88 Å². The highest BCUT2D eigenvalue weighted by atomic mass is 15.0. The highest BCUT2D eigenvalue weighted by molar-refractivity contribution is 5.09. The predicted octanol–water partition coefficient (Wildman–Crippen LogP) is 1.90. The van der Waals surface area contributed by atoms with E-state index in [4.69, 9.17) is 5.26 Å². The molecule has 0 aromatic carbocycles. The van der Waals surface area contributed by atoms with Gasteiger partial charge in [-0.25, -0.2) is 0 Å². The van der Waals surface area contributed by atoms with Crippen molar-refractivity contribution in [1.29, 1.82) is 5.26 Å². The van der Waals surface area contributed by atoms with E-state index in [9.17, 15) is 0 Å². The quantitative estimate of drug-likeness (QED) is 0.794. The normalized spacial score (nSPS) is 17.3. The minimum Gasteiger partial charge on any atom is -0.350 e. The minimum atomic E-state index is 0.288. The van der Waals surface area contributed by atoms with Gasteiger partial charge in [-0.2, -0.15) is 5.26 Å². The van der Waals surface area contributed by atoms with Crippen LogP contribution in [0.25, 0.3) is 0 Å². The van der Waals surface area contributed by atoms with Gasteiger partial charge >= 0.3 is 0 Å². The smallest absolute Gasteiger partial charge is 0.0628 e. The molecule has 0 amide bonds. The number of nitrogens with zero attached hydrogens (tertiary/aromatic N) is 2. The Morgan fingerprint density at radius 2 is 2.40 bits per heavy atom. The maximum Gasteiger partial charge on any atom is 0.0628 e. The van der Waals surface area contributed by atoms with Crippen LogP contribution in [0.3, 0.4) is 0 Å². The van der Waals surface area contributed by atoms with E-state index < -0.39 is 0 Å². The van der Waals surface area contributed by atoms with E-state index in [2.05, 4.69) is 34.3 Å². The van der Waals surface area contributed by atoms with Gasteiger partial charge in [-0.15, -0.1) is 0 Å². The Morgan fingerprint density at radius 1 is 1.60 bits per heavy atom. The summed E-state index contributed by atoms with van der Waals surface area (Å²) >= 11 is 0. The van der Waals surface area contributed by atoms with Crippen molar-refractivity contribution in [3.8, 4) is 6.07 Å². The van der Waals surface area contributed by atoms with E-state index >= 15 is 0 Å². The highest BCUT2D eigenvalue weighted by Gasteiger charge is 2.42. The van der Waals surface area contributed by atoms with Crippen molar-refractivity contribution in [1.82, 2.24) is 9.88 Å². The molecule has 2 rings (SSSR count). The molecule has 0 radical (unpaired) electrons. The Hall–Kier alpha value is -1.27. The summed E-state index contributed by atoms with van der Waals surface area (Å²) in [7, 11) is 1.96. The lowest BCUT2D eigenvalue weighted by Gasteiger charge is -2.15. The molecule has 1 saturated carbocycles. The molecule has 0 saturated heterocycles. The molecule has 1 fully saturated rings. The van der Waals surface area contributed by atoms with Gasteiger partial charge in [0.1, 0.15) is 0 Å². The molecule has 1 heterocycles. The first kappa shape index (κ1) is 10.3. The second-order valence-electron chi connectivity index (χ2n) is 4.49. The van der Waals surface area contributed by atoms with E-state index in [1.807, 2.05) is 7.05 Å². The standard InChI is InChI=1S/C12H17N3/c1-14-9-11-3-2-8-15(11)10-12(4-5-12)6-7-13/h2-3,8,14H,4-6,9-10H2,1H3. The second-order valence-corrected chi connectivity index (χ2v) is 4.49. The summed E-state index contributed by atoms with van der Waals surface area (Å²) in [5.41, 5.74) is 1.60. The average Bonchev–Trinajstić information content (AvgIpc) is 2.83. The van der Waals surface area contributed by atoms with Crippen molar-refractivity contribution in [2.24, 2.45) is 5.41 Å². The van der Waals surface area contributed by atoms with E-state index in [-0.39, 0.29) is 5.41 Å². The monoisotopic (exact) mass is 203 g/mol. The number of nitriles is 1. The molecular weight excluding hydrogens is 186 g/mol. The molecule has 1 aromatic heterocycles. The topological polar surface area (TPSA) is 40.8 Å². The third kappa shape index (κ3) is 2.21. The summed E-state index contributed by atoms with van der Waals surface area (Å²) in [5, 5.41) is 11.9. The van der Waals surface area contributed by atoms with Gasteiger partial charge in [0.2, 0.25) is 0 Å². The molecule has 0 bridgehead atoms. The summed E-state index contributed by atoms with van der Waals surface area (Å²) in [4.78, 5) is 0. The summed E-state index contributed by atoms with van der Waals surface area (Å²) in [6, 6.07) is 6.52. The molecule has 0 unspecified atom stereocenters. The first-order valence-electron chi connectivity index (χ1n) is 5.45. The number of aromatic nitrogens is 1. The SMILES string of the molecule is CNCc1cccn1CC1(CC#N)CC1. The van der Waals surface area contributed by atoms with Gasteiger partial charge in [0.15, 0.2) is 0 Å². The zero-order valence-corrected chi connectivity index (χ0v) is 9.16. The van der Waals surface area contributed by atoms with Crippen molar-refractivity contribution in [2.45, 2.75) is 32.4 Å². The summed E-state index contributed by atoms with van der Waals surface area (Å²) in [6.07, 6.45) is 5.23. The van der Waals surface area contributed by atoms with Crippen LogP contribution in [0, 0.1) is 16.7 Å². The van der Waals surface area contributed by atoms with E-state index in [0.717, 1.165) is 13.1 Å². The third-order valence-corrected chi connectivity index (χ3v) is 3.20. The minimum absolute atomic E-state index is 0.288. The molecule has 0 aliphatic heterocycles. The van der Waals surface area contributed by atoms with Crippen LogP contribution in [0.4, 0.5) is 0 Å². The lowest BCUT2D eigenvalue weighted by atomic mass is 10.0. The molecule has 3 heteroatoms. The number of rotatable bonds is 5. The molecule has 1 aliphatic carbocycles. The third-order valence-electron chi connectivity index (χ3n) is 3.20. The van der Waals surface area contributed by atoms with Crippen LogP contribution in [0.15, 0.2) is 18.3 Å².